The summed E-state index contributed by atoms with van der Waals surface area (Å²) in [6.07, 6.45) is -4.44. The average molecular weight is 497 g/mol. The van der Waals surface area contributed by atoms with Crippen LogP contribution in [0.2, 0.25) is 15.1 Å². The number of halogens is 6. The number of anilines is 1. The van der Waals surface area contributed by atoms with Crippen LogP contribution in [0.1, 0.15) is 5.56 Å². The van der Waals surface area contributed by atoms with E-state index in [1.54, 1.807) is 0 Å². The van der Waals surface area contributed by atoms with Gasteiger partial charge in [-0.1, -0.05) is 34.8 Å². The van der Waals surface area contributed by atoms with Crippen LogP contribution in [-0.4, -0.2) is 8.42 Å². The molecule has 0 aliphatic carbocycles. The molecule has 3 aromatic rings. The molecule has 0 fully saturated rings. The first-order valence-electron chi connectivity index (χ1n) is 8.08. The predicted octanol–water partition coefficient (Wildman–Crippen LogP) is 7.26. The molecule has 0 saturated carbocycles. The molecule has 0 saturated heterocycles. The van der Waals surface area contributed by atoms with Crippen LogP contribution in [0.25, 0.3) is 0 Å². The lowest BCUT2D eigenvalue weighted by molar-refractivity contribution is -0.137. The maximum Gasteiger partial charge on any atom is 0.416 e. The Kier molecular flexibility index (Phi) is 6.43. The van der Waals surface area contributed by atoms with Crippen molar-refractivity contribution in [2.24, 2.45) is 0 Å². The van der Waals surface area contributed by atoms with Crippen LogP contribution in [0.3, 0.4) is 0 Å². The van der Waals surface area contributed by atoms with Crippen molar-refractivity contribution in [3.8, 4) is 11.5 Å². The summed E-state index contributed by atoms with van der Waals surface area (Å²) in [5, 5.41) is 0.0475. The fraction of sp³-hybridized carbons (Fsp3) is 0.0526. The molecule has 0 aromatic heterocycles. The second-order valence-corrected chi connectivity index (χ2v) is 8.82. The van der Waals surface area contributed by atoms with Gasteiger partial charge in [0, 0.05) is 5.69 Å². The van der Waals surface area contributed by atoms with Crippen LogP contribution >= 0.6 is 34.8 Å². The molecule has 3 aromatic carbocycles. The van der Waals surface area contributed by atoms with E-state index in [0.29, 0.717) is 5.75 Å². The number of rotatable bonds is 5. The van der Waals surface area contributed by atoms with E-state index < -0.39 is 21.8 Å². The Labute approximate surface area is 185 Å². The number of sulfonamides is 1. The highest BCUT2D eigenvalue weighted by molar-refractivity contribution is 7.92. The topological polar surface area (TPSA) is 55.4 Å². The third-order valence-corrected chi connectivity index (χ3v) is 6.36. The first kappa shape index (κ1) is 22.6. The molecule has 0 amide bonds. The lowest BCUT2D eigenvalue weighted by Gasteiger charge is -2.12. The van der Waals surface area contributed by atoms with Gasteiger partial charge in [-0.15, -0.1) is 0 Å². The lowest BCUT2D eigenvalue weighted by atomic mass is 10.2. The van der Waals surface area contributed by atoms with Crippen molar-refractivity contribution in [3.63, 3.8) is 0 Å². The van der Waals surface area contributed by atoms with E-state index >= 15 is 0 Å². The number of benzene rings is 3. The predicted molar refractivity (Wildman–Crippen MR) is 110 cm³/mol. The van der Waals surface area contributed by atoms with E-state index in [9.17, 15) is 21.6 Å². The molecule has 158 valence electrons. The third-order valence-electron chi connectivity index (χ3n) is 3.79. The van der Waals surface area contributed by atoms with Gasteiger partial charge in [-0.3, -0.25) is 4.72 Å². The Bertz CT molecular complexity index is 1170. The van der Waals surface area contributed by atoms with Crippen LogP contribution < -0.4 is 9.46 Å². The van der Waals surface area contributed by atoms with Crippen molar-refractivity contribution in [1.29, 1.82) is 0 Å². The highest BCUT2D eigenvalue weighted by Crippen LogP contribution is 2.34. The second kappa shape index (κ2) is 8.55. The highest BCUT2D eigenvalue weighted by Gasteiger charge is 2.30. The highest BCUT2D eigenvalue weighted by atomic mass is 35.5. The Balaban J connectivity index is 1.74. The maximum absolute atomic E-state index is 12.6. The van der Waals surface area contributed by atoms with Gasteiger partial charge < -0.3 is 4.74 Å². The van der Waals surface area contributed by atoms with Gasteiger partial charge in [0.05, 0.1) is 20.6 Å². The number of ether oxygens (including phenoxy) is 1. The van der Waals surface area contributed by atoms with Crippen molar-refractivity contribution in [2.45, 2.75) is 11.1 Å². The smallest absolute Gasteiger partial charge is 0.416 e. The van der Waals surface area contributed by atoms with Gasteiger partial charge in [0.2, 0.25) is 0 Å². The number of hydrogen-bond donors (Lipinski definition) is 1. The molecule has 0 aliphatic heterocycles. The SMILES string of the molecule is O=S(=O)(Nc1ccc(Oc2ccc(C(F)(F)F)cc2)cc1)c1cc(Cl)c(Cl)cc1Cl. The first-order valence-corrected chi connectivity index (χ1v) is 10.7. The van der Waals surface area contributed by atoms with E-state index in [-0.39, 0.29) is 31.4 Å². The second-order valence-electron chi connectivity index (χ2n) is 5.95. The summed E-state index contributed by atoms with van der Waals surface area (Å²) < 4.78 is 70.7. The molecular formula is C19H11Cl3F3NO3S. The van der Waals surface area contributed by atoms with Crippen LogP contribution in [0.4, 0.5) is 18.9 Å². The van der Waals surface area contributed by atoms with Crippen molar-refractivity contribution in [3.05, 3.63) is 81.3 Å². The van der Waals surface area contributed by atoms with Gasteiger partial charge >= 0.3 is 6.18 Å². The summed E-state index contributed by atoms with van der Waals surface area (Å²) >= 11 is 17.6. The monoisotopic (exact) mass is 495 g/mol. The molecule has 0 atom stereocenters. The Morgan fingerprint density at radius 2 is 1.27 bits per heavy atom. The first-order chi connectivity index (χ1) is 14.0. The summed E-state index contributed by atoms with van der Waals surface area (Å²) in [4.78, 5) is -0.247. The maximum atomic E-state index is 12.6. The van der Waals surface area contributed by atoms with E-state index in [0.717, 1.165) is 18.2 Å². The van der Waals surface area contributed by atoms with Crippen molar-refractivity contribution < 1.29 is 26.3 Å². The van der Waals surface area contributed by atoms with Gasteiger partial charge in [-0.25, -0.2) is 8.42 Å². The number of nitrogens with one attached hydrogen (secondary N) is 1. The summed E-state index contributed by atoms with van der Waals surface area (Å²) in [7, 11) is -4.05. The van der Waals surface area contributed by atoms with Crippen LogP contribution in [0.5, 0.6) is 11.5 Å². The quantitative estimate of drug-likeness (QED) is 0.378. The van der Waals surface area contributed by atoms with Gasteiger partial charge in [-0.05, 0) is 60.7 Å². The third kappa shape index (κ3) is 5.31. The molecule has 0 unspecified atom stereocenters. The molecule has 11 heteroatoms. The van der Waals surface area contributed by atoms with Crippen molar-refractivity contribution in [2.75, 3.05) is 4.72 Å². The molecule has 3 rings (SSSR count). The number of hydrogen-bond acceptors (Lipinski definition) is 3. The zero-order chi connectivity index (χ0) is 22.1. The molecule has 30 heavy (non-hydrogen) atoms. The van der Waals surface area contributed by atoms with E-state index in [1.165, 1.54) is 42.5 Å². The Morgan fingerprint density at radius 3 is 1.80 bits per heavy atom. The molecule has 1 N–H and O–H groups in total. The van der Waals surface area contributed by atoms with Crippen molar-refractivity contribution >= 4 is 50.5 Å². The van der Waals surface area contributed by atoms with Gasteiger partial charge in [-0.2, -0.15) is 13.2 Å². The summed E-state index contributed by atoms with van der Waals surface area (Å²) in [6, 6.07) is 12.3. The lowest BCUT2D eigenvalue weighted by Crippen LogP contribution is -2.13. The molecule has 0 aliphatic rings. The average Bonchev–Trinajstić information content (AvgIpc) is 2.65. The minimum Gasteiger partial charge on any atom is -0.457 e. The molecule has 0 bridgehead atoms. The zero-order valence-electron chi connectivity index (χ0n) is 14.7. The molecule has 4 nitrogen and oxygen atoms in total. The van der Waals surface area contributed by atoms with Crippen LogP contribution in [0, 0.1) is 0 Å². The largest absolute Gasteiger partial charge is 0.457 e. The fourth-order valence-corrected chi connectivity index (χ4v) is 4.42. The van der Waals surface area contributed by atoms with Gasteiger partial charge in [0.1, 0.15) is 16.4 Å². The standard InChI is InChI=1S/C19H11Cl3F3NO3S/c20-15-9-17(22)18(10-16(15)21)30(27,28)26-12-3-7-14(8-4-12)29-13-5-1-11(2-6-13)19(23,24)25/h1-10,26H. The minimum absolute atomic E-state index is 0.0294. The Morgan fingerprint density at radius 1 is 0.767 bits per heavy atom. The van der Waals surface area contributed by atoms with Crippen LogP contribution in [0.15, 0.2) is 65.6 Å². The van der Waals surface area contributed by atoms with E-state index in [2.05, 4.69) is 4.72 Å². The molecule has 0 heterocycles. The zero-order valence-corrected chi connectivity index (χ0v) is 17.8. The molecule has 0 spiro atoms. The van der Waals surface area contributed by atoms with Gasteiger partial charge in [0.25, 0.3) is 10.0 Å². The molecular weight excluding hydrogens is 486 g/mol. The number of alkyl halides is 3. The van der Waals surface area contributed by atoms with Gasteiger partial charge in [0.15, 0.2) is 0 Å². The normalized spacial score (nSPS) is 11.9. The Hall–Kier alpha value is -2.13. The van der Waals surface area contributed by atoms with E-state index in [1.807, 2.05) is 0 Å². The van der Waals surface area contributed by atoms with Crippen molar-refractivity contribution in [1.82, 2.24) is 0 Å². The van der Waals surface area contributed by atoms with Crippen LogP contribution in [-0.2, 0) is 16.2 Å². The van der Waals surface area contributed by atoms with E-state index in [4.69, 9.17) is 39.5 Å². The minimum atomic E-state index is -4.44. The summed E-state index contributed by atoms with van der Waals surface area (Å²) in [5.74, 6) is 0.490. The molecule has 0 radical (unpaired) electrons. The summed E-state index contributed by atoms with van der Waals surface area (Å²) in [6.45, 7) is 0. The summed E-state index contributed by atoms with van der Waals surface area (Å²) in [5.41, 5.74) is -0.586. The fourth-order valence-electron chi connectivity index (χ4n) is 2.36.